The van der Waals surface area contributed by atoms with Crippen molar-refractivity contribution in [3.05, 3.63) is 28.2 Å². The summed E-state index contributed by atoms with van der Waals surface area (Å²) in [7, 11) is -4.44. The van der Waals surface area contributed by atoms with E-state index < -0.39 is 45.4 Å². The van der Waals surface area contributed by atoms with Crippen LogP contribution in [0.5, 0.6) is 0 Å². The summed E-state index contributed by atoms with van der Waals surface area (Å²) in [5.74, 6) is 0.0656. The van der Waals surface area contributed by atoms with E-state index in [1.165, 1.54) is 13.1 Å². The molecule has 176 valence electrons. The second-order valence-electron chi connectivity index (χ2n) is 8.55. The summed E-state index contributed by atoms with van der Waals surface area (Å²) in [4.78, 5) is 21.6. The number of aromatic nitrogens is 3. The zero-order valence-electron chi connectivity index (χ0n) is 21.4. The van der Waals surface area contributed by atoms with Crippen molar-refractivity contribution in [2.24, 2.45) is 0 Å². The molecule has 1 aliphatic heterocycles. The lowest BCUT2D eigenvalue weighted by Gasteiger charge is -2.31. The highest BCUT2D eigenvalue weighted by atomic mass is 32.2. The molecule has 1 aliphatic carbocycles. The minimum atomic E-state index is -4.44. The molecule has 2 N–H and O–H groups in total. The molecule has 0 spiro atoms. The summed E-state index contributed by atoms with van der Waals surface area (Å²) in [6.07, 6.45) is -4.23. The predicted molar refractivity (Wildman–Crippen MR) is 115 cm³/mol. The Labute approximate surface area is 190 Å². The number of aliphatic hydroxyl groups is 1. The quantitative estimate of drug-likeness (QED) is 0.680. The van der Waals surface area contributed by atoms with Gasteiger partial charge in [-0.25, -0.2) is 26.5 Å². The Morgan fingerprint density at radius 3 is 2.69 bits per heavy atom. The fraction of sp³-hybridized carbons (Fsp3) is 0.650. The summed E-state index contributed by atoms with van der Waals surface area (Å²) in [6.45, 7) is 1.48. The third kappa shape index (κ3) is 4.35. The van der Waals surface area contributed by atoms with Crippen LogP contribution in [0.2, 0.25) is 0 Å². The highest BCUT2D eigenvalue weighted by Gasteiger charge is 2.40. The summed E-state index contributed by atoms with van der Waals surface area (Å²) in [6, 6.07) is -0.254. The maximum atomic E-state index is 13.9. The SMILES string of the molecule is [2H]C(F)(F)c1cc2cnc(NC3CCN(S(=O)(=O)C([2H])([2H])[2H])CC3)nc2n(C2CCCC2(C)O)c1=O. The van der Waals surface area contributed by atoms with Gasteiger partial charge in [-0.1, -0.05) is 0 Å². The summed E-state index contributed by atoms with van der Waals surface area (Å²) < 4.78 is 83.0. The molecular formula is C20H27F2N5O4S. The van der Waals surface area contributed by atoms with Crippen LogP contribution in [0.25, 0.3) is 11.0 Å². The monoisotopic (exact) mass is 475 g/mol. The highest BCUT2D eigenvalue weighted by molar-refractivity contribution is 7.88. The number of hydrogen-bond acceptors (Lipinski definition) is 7. The van der Waals surface area contributed by atoms with Crippen LogP contribution in [0.1, 0.15) is 62.5 Å². The molecule has 2 unspecified atom stereocenters. The number of anilines is 1. The highest BCUT2D eigenvalue weighted by Crippen LogP contribution is 2.39. The van der Waals surface area contributed by atoms with Gasteiger partial charge in [-0.05, 0) is 45.1 Å². The van der Waals surface area contributed by atoms with Gasteiger partial charge in [0.1, 0.15) is 7.02 Å². The molecule has 2 atom stereocenters. The Hall–Kier alpha value is -2.18. The maximum absolute atomic E-state index is 13.9. The van der Waals surface area contributed by atoms with Crippen molar-refractivity contribution in [1.82, 2.24) is 18.8 Å². The van der Waals surface area contributed by atoms with E-state index in [1.54, 1.807) is 0 Å². The number of nitrogens with zero attached hydrogens (tertiary/aromatic N) is 4. The van der Waals surface area contributed by atoms with Crippen LogP contribution in [0, 0.1) is 0 Å². The van der Waals surface area contributed by atoms with Crippen LogP contribution in [0.4, 0.5) is 14.7 Å². The number of hydrogen-bond donors (Lipinski definition) is 2. The Kier molecular flexibility index (Phi) is 4.74. The summed E-state index contributed by atoms with van der Waals surface area (Å²) in [5.41, 5.74) is -3.46. The summed E-state index contributed by atoms with van der Waals surface area (Å²) in [5, 5.41) is 14.0. The standard InChI is InChI=1S/C20H27F2N5O4S/c1-20(29)7-3-4-15(20)27-17-12(10-14(16(21)22)18(27)28)11-23-19(25-17)24-13-5-8-26(9-6-13)32(2,30)31/h10-11,13,15-16,29H,3-9H2,1-2H3,(H,23,24,25)/i2D3,16D. The Balaban J connectivity index is 1.66. The van der Waals surface area contributed by atoms with Crippen LogP contribution in [0.15, 0.2) is 17.1 Å². The van der Waals surface area contributed by atoms with Gasteiger partial charge in [-0.3, -0.25) is 9.36 Å². The van der Waals surface area contributed by atoms with E-state index in [1.807, 2.05) is 0 Å². The first-order chi connectivity index (χ1) is 16.5. The molecular weight excluding hydrogens is 444 g/mol. The first kappa shape index (κ1) is 18.3. The average molecular weight is 476 g/mol. The van der Waals surface area contributed by atoms with E-state index >= 15 is 0 Å². The number of fused-ring (bicyclic) bond motifs is 1. The van der Waals surface area contributed by atoms with Gasteiger partial charge >= 0.3 is 0 Å². The average Bonchev–Trinajstić information content (AvgIpc) is 3.10. The molecule has 3 heterocycles. The zero-order chi connectivity index (χ0) is 26.7. The predicted octanol–water partition coefficient (Wildman–Crippen LogP) is 2.04. The number of alkyl halides is 2. The maximum Gasteiger partial charge on any atom is 0.269 e. The Morgan fingerprint density at radius 1 is 1.38 bits per heavy atom. The lowest BCUT2D eigenvalue weighted by molar-refractivity contribution is 0.0261. The van der Waals surface area contributed by atoms with Crippen LogP contribution in [0.3, 0.4) is 0 Å². The molecule has 1 saturated carbocycles. The van der Waals surface area contributed by atoms with Crippen molar-refractivity contribution in [3.63, 3.8) is 0 Å². The fourth-order valence-electron chi connectivity index (χ4n) is 4.58. The van der Waals surface area contributed by atoms with Crippen LogP contribution in [-0.2, 0) is 10.0 Å². The molecule has 32 heavy (non-hydrogen) atoms. The number of piperidine rings is 1. The first-order valence-corrected chi connectivity index (χ1v) is 11.8. The van der Waals surface area contributed by atoms with Crippen LogP contribution < -0.4 is 10.9 Å². The van der Waals surface area contributed by atoms with E-state index in [4.69, 9.17) is 5.48 Å². The molecule has 2 aromatic rings. The first-order valence-electron chi connectivity index (χ1n) is 12.3. The topological polar surface area (TPSA) is 117 Å². The lowest BCUT2D eigenvalue weighted by atomic mass is 9.99. The van der Waals surface area contributed by atoms with Crippen molar-refractivity contribution < 1.29 is 27.8 Å². The van der Waals surface area contributed by atoms with Gasteiger partial charge in [0, 0.05) is 34.8 Å². The molecule has 0 amide bonds. The van der Waals surface area contributed by atoms with Crippen LogP contribution >= 0.6 is 0 Å². The fourth-order valence-corrected chi connectivity index (χ4v) is 5.27. The number of pyridine rings is 1. The third-order valence-electron chi connectivity index (χ3n) is 6.29. The summed E-state index contributed by atoms with van der Waals surface area (Å²) >= 11 is 0. The largest absolute Gasteiger partial charge is 0.388 e. The Morgan fingerprint density at radius 2 is 2.09 bits per heavy atom. The van der Waals surface area contributed by atoms with E-state index in [2.05, 4.69) is 15.3 Å². The lowest BCUT2D eigenvalue weighted by Crippen LogP contribution is -2.42. The van der Waals surface area contributed by atoms with Gasteiger partial charge in [0.2, 0.25) is 16.0 Å². The molecule has 2 fully saturated rings. The number of nitrogens with one attached hydrogen (secondary N) is 1. The molecule has 4 rings (SSSR count). The molecule has 1 saturated heterocycles. The van der Waals surface area contributed by atoms with Crippen molar-refractivity contribution in [2.75, 3.05) is 24.6 Å². The molecule has 0 aromatic carbocycles. The normalized spacial score (nSPS) is 28.2. The number of halogens is 2. The van der Waals surface area contributed by atoms with Gasteiger partial charge in [0.15, 0.2) is 0 Å². The molecule has 0 bridgehead atoms. The third-order valence-corrected chi connectivity index (χ3v) is 7.34. The van der Waals surface area contributed by atoms with Gasteiger partial charge in [-0.2, -0.15) is 4.98 Å². The zero-order valence-corrected chi connectivity index (χ0v) is 18.2. The Bertz CT molecular complexity index is 1320. The van der Waals surface area contributed by atoms with Crippen molar-refractivity contribution in [2.45, 2.75) is 63.1 Å². The van der Waals surface area contributed by atoms with Crippen LogP contribution in [-0.4, -0.2) is 63.3 Å². The van der Waals surface area contributed by atoms with Gasteiger partial charge in [0.25, 0.3) is 12.0 Å². The minimum Gasteiger partial charge on any atom is -0.388 e. The van der Waals surface area contributed by atoms with Gasteiger partial charge in [-0.15, -0.1) is 0 Å². The number of sulfonamides is 1. The van der Waals surface area contributed by atoms with E-state index in [9.17, 15) is 27.1 Å². The van der Waals surface area contributed by atoms with E-state index in [0.29, 0.717) is 19.3 Å². The van der Waals surface area contributed by atoms with E-state index in [0.717, 1.165) is 14.9 Å². The van der Waals surface area contributed by atoms with Gasteiger partial charge < -0.3 is 10.4 Å². The van der Waals surface area contributed by atoms with Crippen molar-refractivity contribution >= 4 is 27.0 Å². The molecule has 12 heteroatoms. The smallest absolute Gasteiger partial charge is 0.269 e. The van der Waals surface area contributed by atoms with Crippen molar-refractivity contribution in [3.8, 4) is 0 Å². The van der Waals surface area contributed by atoms with E-state index in [-0.39, 0.29) is 49.0 Å². The molecule has 9 nitrogen and oxygen atoms in total. The number of rotatable bonds is 5. The second-order valence-corrected chi connectivity index (χ2v) is 10.0. The van der Waals surface area contributed by atoms with Crippen molar-refractivity contribution in [1.29, 1.82) is 0 Å². The minimum absolute atomic E-state index is 0.0242. The molecule has 2 aliphatic rings. The second kappa shape index (κ2) is 8.31. The van der Waals surface area contributed by atoms with Gasteiger partial charge in [0.05, 0.1) is 23.4 Å². The molecule has 2 aromatic heterocycles. The molecule has 0 radical (unpaired) electrons.